The zero-order chi connectivity index (χ0) is 24.4. The van der Waals surface area contributed by atoms with Crippen molar-refractivity contribution in [1.82, 2.24) is 30.3 Å². The standard InChI is InChI=1S/C19H20Cl2N6O5S2/c1-22-17(30)13-11(3-8(20)4-23-13)34-19-16(31-2)14(15(29)10(6-28)32-19)27-5-9(25-26-27)18-24-12(21)7-33-18/h3-5,7,10,14-16,19,28-29H,6H2,1-2H3,(H,22,30). The molecule has 5 unspecified atom stereocenters. The van der Waals surface area contributed by atoms with Gasteiger partial charge in [0.1, 0.15) is 51.3 Å². The quantitative estimate of drug-likeness (QED) is 0.401. The number of thioether (sulfide) groups is 1. The molecule has 0 aliphatic carbocycles. The van der Waals surface area contributed by atoms with Crippen LogP contribution in [0.15, 0.2) is 28.7 Å². The lowest BCUT2D eigenvalue weighted by atomic mass is 9.97. The lowest BCUT2D eigenvalue weighted by molar-refractivity contribution is -0.186. The maximum atomic E-state index is 12.3. The number of pyridine rings is 1. The van der Waals surface area contributed by atoms with Crippen LogP contribution in [0.2, 0.25) is 10.2 Å². The Labute approximate surface area is 212 Å². The minimum Gasteiger partial charge on any atom is -0.394 e. The Bertz CT molecular complexity index is 1160. The van der Waals surface area contributed by atoms with Gasteiger partial charge in [-0.3, -0.25) is 4.79 Å². The van der Waals surface area contributed by atoms with Gasteiger partial charge < -0.3 is 25.0 Å². The third-order valence-electron chi connectivity index (χ3n) is 5.11. The van der Waals surface area contributed by atoms with Gasteiger partial charge in [0.15, 0.2) is 0 Å². The molecule has 0 saturated carbocycles. The number of aromatic nitrogens is 5. The Morgan fingerprint density at radius 3 is 2.88 bits per heavy atom. The van der Waals surface area contributed by atoms with Gasteiger partial charge >= 0.3 is 0 Å². The van der Waals surface area contributed by atoms with Crippen LogP contribution in [0.3, 0.4) is 0 Å². The molecular weight excluding hydrogens is 527 g/mol. The average molecular weight is 547 g/mol. The molecule has 11 nitrogen and oxygen atoms in total. The second-order valence-corrected chi connectivity index (χ2v) is 9.99. The van der Waals surface area contributed by atoms with Crippen LogP contribution in [0.4, 0.5) is 0 Å². The van der Waals surface area contributed by atoms with Crippen LogP contribution in [0.25, 0.3) is 10.7 Å². The molecule has 3 aromatic rings. The van der Waals surface area contributed by atoms with Crippen molar-refractivity contribution in [2.24, 2.45) is 0 Å². The van der Waals surface area contributed by atoms with Crippen molar-refractivity contribution in [3.8, 4) is 10.7 Å². The van der Waals surface area contributed by atoms with E-state index in [9.17, 15) is 15.0 Å². The van der Waals surface area contributed by atoms with E-state index < -0.39 is 42.3 Å². The minimum absolute atomic E-state index is 0.155. The number of ether oxygens (including phenoxy) is 2. The zero-order valence-corrected chi connectivity index (χ0v) is 21.0. The first kappa shape index (κ1) is 25.3. The first-order valence-corrected chi connectivity index (χ1v) is 12.4. The molecule has 15 heteroatoms. The van der Waals surface area contributed by atoms with Crippen molar-refractivity contribution in [3.63, 3.8) is 0 Å². The Balaban J connectivity index is 1.68. The molecule has 34 heavy (non-hydrogen) atoms. The van der Waals surface area contributed by atoms with E-state index in [1.54, 1.807) is 17.6 Å². The number of thiazole rings is 1. The van der Waals surface area contributed by atoms with Crippen LogP contribution in [0.5, 0.6) is 0 Å². The van der Waals surface area contributed by atoms with E-state index in [0.29, 0.717) is 25.8 Å². The Morgan fingerprint density at radius 1 is 1.44 bits per heavy atom. The van der Waals surface area contributed by atoms with Crippen LogP contribution in [0, 0.1) is 0 Å². The maximum Gasteiger partial charge on any atom is 0.270 e. The van der Waals surface area contributed by atoms with E-state index >= 15 is 0 Å². The normalized spacial score (nSPS) is 24.8. The fraction of sp³-hybridized carbons (Fsp3) is 0.421. The van der Waals surface area contributed by atoms with E-state index in [1.165, 1.54) is 36.4 Å². The number of carbonyl (C=O) groups excluding carboxylic acids is 1. The molecule has 0 aromatic carbocycles. The summed E-state index contributed by atoms with van der Waals surface area (Å²) in [4.78, 5) is 21.1. The molecule has 1 amide bonds. The monoisotopic (exact) mass is 546 g/mol. The van der Waals surface area contributed by atoms with Gasteiger partial charge in [-0.1, -0.05) is 40.2 Å². The molecule has 5 atom stereocenters. The van der Waals surface area contributed by atoms with E-state index in [0.717, 1.165) is 11.8 Å². The predicted octanol–water partition coefficient (Wildman–Crippen LogP) is 1.89. The molecule has 1 aliphatic rings. The van der Waals surface area contributed by atoms with Crippen molar-refractivity contribution < 1.29 is 24.5 Å². The summed E-state index contributed by atoms with van der Waals surface area (Å²) in [6.07, 6.45) is 0.113. The number of hydrogen-bond donors (Lipinski definition) is 3. The van der Waals surface area contributed by atoms with Crippen LogP contribution in [0.1, 0.15) is 16.5 Å². The number of halogens is 2. The molecule has 182 valence electrons. The van der Waals surface area contributed by atoms with Gasteiger partial charge in [-0.25, -0.2) is 14.6 Å². The van der Waals surface area contributed by atoms with E-state index in [4.69, 9.17) is 32.7 Å². The molecule has 3 N–H and O–H groups in total. The zero-order valence-electron chi connectivity index (χ0n) is 17.8. The number of rotatable bonds is 7. The molecule has 0 radical (unpaired) electrons. The van der Waals surface area contributed by atoms with Crippen LogP contribution in [-0.4, -0.2) is 85.6 Å². The van der Waals surface area contributed by atoms with Crippen molar-refractivity contribution >= 4 is 52.2 Å². The lowest BCUT2D eigenvalue weighted by Crippen LogP contribution is -2.55. The van der Waals surface area contributed by atoms with Gasteiger partial charge in [-0.05, 0) is 6.07 Å². The van der Waals surface area contributed by atoms with Gasteiger partial charge in [0.2, 0.25) is 0 Å². The Kier molecular flexibility index (Phi) is 8.05. The summed E-state index contributed by atoms with van der Waals surface area (Å²) in [5.41, 5.74) is -0.139. The number of aliphatic hydroxyl groups is 2. The molecule has 3 aromatic heterocycles. The Hall–Kier alpha value is -1.84. The first-order valence-electron chi connectivity index (χ1n) is 9.91. The van der Waals surface area contributed by atoms with Gasteiger partial charge in [-0.2, -0.15) is 0 Å². The van der Waals surface area contributed by atoms with Crippen LogP contribution >= 0.6 is 46.3 Å². The van der Waals surface area contributed by atoms with Crippen LogP contribution in [-0.2, 0) is 9.47 Å². The molecular formula is C19H20Cl2N6O5S2. The summed E-state index contributed by atoms with van der Waals surface area (Å²) >= 11 is 14.5. The second-order valence-electron chi connectivity index (χ2n) is 7.16. The minimum atomic E-state index is -1.17. The predicted molar refractivity (Wildman–Crippen MR) is 126 cm³/mol. The topological polar surface area (TPSA) is 145 Å². The highest BCUT2D eigenvalue weighted by molar-refractivity contribution is 8.00. The number of nitrogens with one attached hydrogen (secondary N) is 1. The van der Waals surface area contributed by atoms with Crippen molar-refractivity contribution in [3.05, 3.63) is 39.7 Å². The fourth-order valence-corrected chi connectivity index (χ4v) is 5.95. The van der Waals surface area contributed by atoms with Gasteiger partial charge in [-0.15, -0.1) is 16.4 Å². The molecule has 4 rings (SSSR count). The number of hydrogen-bond acceptors (Lipinski definition) is 11. The average Bonchev–Trinajstić information content (AvgIpc) is 3.48. The lowest BCUT2D eigenvalue weighted by Gasteiger charge is -2.43. The summed E-state index contributed by atoms with van der Waals surface area (Å²) in [7, 11) is 2.96. The number of nitrogens with zero attached hydrogens (tertiary/aromatic N) is 5. The molecule has 1 saturated heterocycles. The molecule has 0 bridgehead atoms. The first-order chi connectivity index (χ1) is 16.4. The van der Waals surface area contributed by atoms with E-state index in [-0.39, 0.29) is 5.69 Å². The number of methoxy groups -OCH3 is 1. The van der Waals surface area contributed by atoms with Gasteiger partial charge in [0.25, 0.3) is 5.91 Å². The summed E-state index contributed by atoms with van der Waals surface area (Å²) in [6, 6.07) is 0.814. The third kappa shape index (κ3) is 5.06. The van der Waals surface area contributed by atoms with Gasteiger partial charge in [0, 0.05) is 30.6 Å². The maximum absolute atomic E-state index is 12.3. The van der Waals surface area contributed by atoms with Crippen molar-refractivity contribution in [2.75, 3.05) is 20.8 Å². The number of amides is 1. The Morgan fingerprint density at radius 2 is 2.24 bits per heavy atom. The largest absolute Gasteiger partial charge is 0.394 e. The van der Waals surface area contributed by atoms with Crippen LogP contribution < -0.4 is 5.32 Å². The van der Waals surface area contributed by atoms with Crippen molar-refractivity contribution in [1.29, 1.82) is 0 Å². The summed E-state index contributed by atoms with van der Waals surface area (Å²) < 4.78 is 13.1. The third-order valence-corrected chi connectivity index (χ3v) is 7.68. The summed E-state index contributed by atoms with van der Waals surface area (Å²) in [5.74, 6) is -0.401. The van der Waals surface area contributed by atoms with Gasteiger partial charge in [0.05, 0.1) is 17.8 Å². The second kappa shape index (κ2) is 10.8. The highest BCUT2D eigenvalue weighted by Gasteiger charge is 2.47. The smallest absolute Gasteiger partial charge is 0.270 e. The summed E-state index contributed by atoms with van der Waals surface area (Å²) in [6.45, 7) is -0.453. The molecule has 4 heterocycles. The number of carbonyl (C=O) groups is 1. The highest BCUT2D eigenvalue weighted by atomic mass is 35.5. The SMILES string of the molecule is CNC(=O)c1ncc(Cl)cc1SC1OC(CO)C(O)C(n2cc(-c3nc(Cl)cs3)nn2)C1OC. The molecule has 1 aliphatic heterocycles. The number of aliphatic hydroxyl groups excluding tert-OH is 2. The fourth-order valence-electron chi connectivity index (χ4n) is 3.53. The van der Waals surface area contributed by atoms with E-state index in [1.807, 2.05) is 0 Å². The highest BCUT2D eigenvalue weighted by Crippen LogP contribution is 2.41. The molecule has 1 fully saturated rings. The molecule has 0 spiro atoms. The van der Waals surface area contributed by atoms with Crippen molar-refractivity contribution in [2.45, 2.75) is 34.7 Å². The van der Waals surface area contributed by atoms with E-state index in [2.05, 4.69) is 25.6 Å². The summed E-state index contributed by atoms with van der Waals surface area (Å²) in [5, 5.41) is 34.6.